The summed E-state index contributed by atoms with van der Waals surface area (Å²) in [5.74, 6) is 0. The number of aliphatic hydroxyl groups is 1. The SMILES string of the molecule is CC(CO)S(=O)(=O)NCCN1CCOCC1. The lowest BCUT2D eigenvalue weighted by Crippen LogP contribution is -2.43. The molecule has 0 radical (unpaired) electrons. The van der Waals surface area contributed by atoms with Crippen LogP contribution in [0.4, 0.5) is 0 Å². The van der Waals surface area contributed by atoms with Gasteiger partial charge in [0.25, 0.3) is 0 Å². The van der Waals surface area contributed by atoms with Gasteiger partial charge in [-0.2, -0.15) is 0 Å². The van der Waals surface area contributed by atoms with Crippen molar-refractivity contribution in [3.8, 4) is 0 Å². The van der Waals surface area contributed by atoms with Crippen LogP contribution in [-0.2, 0) is 14.8 Å². The van der Waals surface area contributed by atoms with Gasteiger partial charge in [0.05, 0.1) is 25.1 Å². The Hall–Kier alpha value is -0.210. The minimum absolute atomic E-state index is 0.354. The second kappa shape index (κ2) is 6.51. The van der Waals surface area contributed by atoms with Crippen LogP contribution >= 0.6 is 0 Å². The molecule has 1 saturated heterocycles. The molecule has 0 saturated carbocycles. The quantitative estimate of drug-likeness (QED) is 0.609. The monoisotopic (exact) mass is 252 g/mol. The van der Waals surface area contributed by atoms with E-state index in [0.29, 0.717) is 26.3 Å². The van der Waals surface area contributed by atoms with Gasteiger partial charge in [-0.15, -0.1) is 0 Å². The number of sulfonamides is 1. The van der Waals surface area contributed by atoms with E-state index in [4.69, 9.17) is 9.84 Å². The largest absolute Gasteiger partial charge is 0.395 e. The number of rotatable bonds is 6. The molecule has 2 N–H and O–H groups in total. The van der Waals surface area contributed by atoms with Crippen molar-refractivity contribution < 1.29 is 18.3 Å². The van der Waals surface area contributed by atoms with Crippen LogP contribution in [0.3, 0.4) is 0 Å². The summed E-state index contributed by atoms with van der Waals surface area (Å²) in [6.07, 6.45) is 0. The van der Waals surface area contributed by atoms with Gasteiger partial charge >= 0.3 is 0 Å². The summed E-state index contributed by atoms with van der Waals surface area (Å²) >= 11 is 0. The summed E-state index contributed by atoms with van der Waals surface area (Å²) in [4.78, 5) is 2.15. The molecule has 16 heavy (non-hydrogen) atoms. The van der Waals surface area contributed by atoms with Gasteiger partial charge in [-0.3, -0.25) is 4.90 Å². The molecule has 6 nitrogen and oxygen atoms in total. The van der Waals surface area contributed by atoms with E-state index >= 15 is 0 Å². The Morgan fingerprint density at radius 3 is 2.62 bits per heavy atom. The molecule has 1 aliphatic heterocycles. The molecule has 0 aromatic heterocycles. The van der Waals surface area contributed by atoms with E-state index in [9.17, 15) is 8.42 Å². The zero-order chi connectivity index (χ0) is 12.0. The average molecular weight is 252 g/mol. The molecule has 1 heterocycles. The minimum atomic E-state index is -3.37. The number of hydrogen-bond acceptors (Lipinski definition) is 5. The van der Waals surface area contributed by atoms with E-state index in [1.54, 1.807) is 0 Å². The topological polar surface area (TPSA) is 78.9 Å². The van der Waals surface area contributed by atoms with Crippen LogP contribution in [-0.4, -0.2) is 69.7 Å². The summed E-state index contributed by atoms with van der Waals surface area (Å²) in [5.41, 5.74) is 0. The van der Waals surface area contributed by atoms with Crippen molar-refractivity contribution in [1.29, 1.82) is 0 Å². The molecule has 7 heteroatoms. The Balaban J connectivity index is 2.23. The first-order valence-corrected chi connectivity index (χ1v) is 7.00. The van der Waals surface area contributed by atoms with Gasteiger partial charge in [-0.25, -0.2) is 13.1 Å². The van der Waals surface area contributed by atoms with Crippen molar-refractivity contribution in [2.24, 2.45) is 0 Å². The summed E-state index contributed by atoms with van der Waals surface area (Å²) in [7, 11) is -3.37. The van der Waals surface area contributed by atoms with Crippen LogP contribution in [0.15, 0.2) is 0 Å². The standard InChI is InChI=1S/C9H20N2O4S/c1-9(8-12)16(13,14)10-2-3-11-4-6-15-7-5-11/h9-10,12H,2-8H2,1H3. The predicted molar refractivity (Wildman–Crippen MR) is 60.7 cm³/mol. The molecule has 0 aliphatic carbocycles. The maximum atomic E-state index is 11.5. The third-order valence-electron chi connectivity index (χ3n) is 2.62. The van der Waals surface area contributed by atoms with Gasteiger partial charge in [-0.1, -0.05) is 0 Å². The number of aliphatic hydroxyl groups excluding tert-OH is 1. The fraction of sp³-hybridized carbons (Fsp3) is 1.00. The van der Waals surface area contributed by atoms with E-state index in [1.807, 2.05) is 0 Å². The molecule has 1 aliphatic rings. The van der Waals surface area contributed by atoms with Crippen molar-refractivity contribution in [2.45, 2.75) is 12.2 Å². The minimum Gasteiger partial charge on any atom is -0.395 e. The Labute approximate surface area is 96.6 Å². The summed E-state index contributed by atoms with van der Waals surface area (Å²) in [6.45, 7) is 5.30. The summed E-state index contributed by atoms with van der Waals surface area (Å²) in [5, 5.41) is 8.02. The van der Waals surface area contributed by atoms with Crippen molar-refractivity contribution in [3.05, 3.63) is 0 Å². The molecule has 0 amide bonds. The number of hydrogen-bond donors (Lipinski definition) is 2. The highest BCUT2D eigenvalue weighted by Crippen LogP contribution is 1.98. The van der Waals surface area contributed by atoms with Crippen LogP contribution < -0.4 is 4.72 Å². The van der Waals surface area contributed by atoms with E-state index in [2.05, 4.69) is 9.62 Å². The van der Waals surface area contributed by atoms with E-state index < -0.39 is 15.3 Å². The van der Waals surface area contributed by atoms with Crippen molar-refractivity contribution in [1.82, 2.24) is 9.62 Å². The fourth-order valence-corrected chi connectivity index (χ4v) is 2.27. The number of ether oxygens (including phenoxy) is 1. The first-order chi connectivity index (χ1) is 7.56. The fourth-order valence-electron chi connectivity index (χ4n) is 1.41. The highest BCUT2D eigenvalue weighted by Gasteiger charge is 2.19. The number of nitrogens with zero attached hydrogens (tertiary/aromatic N) is 1. The average Bonchev–Trinajstić information content (AvgIpc) is 2.29. The van der Waals surface area contributed by atoms with E-state index in [0.717, 1.165) is 13.1 Å². The summed E-state index contributed by atoms with van der Waals surface area (Å²) in [6, 6.07) is 0. The van der Waals surface area contributed by atoms with Gasteiger partial charge in [0.15, 0.2) is 0 Å². The molecule has 1 fully saturated rings. The zero-order valence-corrected chi connectivity index (χ0v) is 10.4. The van der Waals surface area contributed by atoms with Crippen LogP contribution in [0.25, 0.3) is 0 Å². The Bertz CT molecular complexity index is 288. The number of morpholine rings is 1. The van der Waals surface area contributed by atoms with E-state index in [-0.39, 0.29) is 6.61 Å². The molecule has 0 aromatic rings. The molecule has 96 valence electrons. The van der Waals surface area contributed by atoms with E-state index in [1.165, 1.54) is 6.92 Å². The van der Waals surface area contributed by atoms with Crippen LogP contribution in [0.1, 0.15) is 6.92 Å². The summed E-state index contributed by atoms with van der Waals surface area (Å²) < 4.78 is 30.7. The Morgan fingerprint density at radius 1 is 1.44 bits per heavy atom. The third-order valence-corrected chi connectivity index (χ3v) is 4.44. The first kappa shape index (κ1) is 13.9. The molecule has 0 aromatic carbocycles. The Kier molecular flexibility index (Phi) is 5.63. The maximum absolute atomic E-state index is 11.5. The zero-order valence-electron chi connectivity index (χ0n) is 9.55. The van der Waals surface area contributed by atoms with Crippen molar-refractivity contribution in [2.75, 3.05) is 46.0 Å². The Morgan fingerprint density at radius 2 is 2.06 bits per heavy atom. The van der Waals surface area contributed by atoms with Gasteiger partial charge in [-0.05, 0) is 6.92 Å². The third kappa shape index (κ3) is 4.34. The lowest BCUT2D eigenvalue weighted by molar-refractivity contribution is 0.0390. The first-order valence-electron chi connectivity index (χ1n) is 5.45. The smallest absolute Gasteiger partial charge is 0.216 e. The molecule has 0 spiro atoms. The van der Waals surface area contributed by atoms with Crippen LogP contribution in [0.2, 0.25) is 0 Å². The van der Waals surface area contributed by atoms with Gasteiger partial charge in [0.2, 0.25) is 10.0 Å². The molecule has 1 unspecified atom stereocenters. The molecule has 1 rings (SSSR count). The molecule has 0 bridgehead atoms. The molecular weight excluding hydrogens is 232 g/mol. The highest BCUT2D eigenvalue weighted by atomic mass is 32.2. The van der Waals surface area contributed by atoms with Gasteiger partial charge in [0, 0.05) is 26.2 Å². The maximum Gasteiger partial charge on any atom is 0.216 e. The molecule has 1 atom stereocenters. The lowest BCUT2D eigenvalue weighted by atomic mass is 10.4. The lowest BCUT2D eigenvalue weighted by Gasteiger charge is -2.26. The van der Waals surface area contributed by atoms with Crippen LogP contribution in [0.5, 0.6) is 0 Å². The number of nitrogens with one attached hydrogen (secondary N) is 1. The highest BCUT2D eigenvalue weighted by molar-refractivity contribution is 7.90. The van der Waals surface area contributed by atoms with Crippen molar-refractivity contribution >= 4 is 10.0 Å². The van der Waals surface area contributed by atoms with Gasteiger partial charge < -0.3 is 9.84 Å². The predicted octanol–water partition coefficient (Wildman–Crippen LogP) is -1.38. The second-order valence-electron chi connectivity index (χ2n) is 3.89. The second-order valence-corrected chi connectivity index (χ2v) is 6.07. The normalized spacial score (nSPS) is 20.9. The van der Waals surface area contributed by atoms with Crippen molar-refractivity contribution in [3.63, 3.8) is 0 Å². The molecular formula is C9H20N2O4S. The van der Waals surface area contributed by atoms with Gasteiger partial charge in [0.1, 0.15) is 0 Å². The van der Waals surface area contributed by atoms with Crippen LogP contribution in [0, 0.1) is 0 Å².